The van der Waals surface area contributed by atoms with Gasteiger partial charge in [-0.2, -0.15) is 0 Å². The van der Waals surface area contributed by atoms with E-state index in [4.69, 9.17) is 11.6 Å². The predicted octanol–water partition coefficient (Wildman–Crippen LogP) is 3.61. The first-order chi connectivity index (χ1) is 12.6. The van der Waals surface area contributed by atoms with E-state index in [1.807, 2.05) is 41.1 Å². The number of halogens is 2. The summed E-state index contributed by atoms with van der Waals surface area (Å²) in [5, 5.41) is 5.99. The van der Waals surface area contributed by atoms with Crippen LogP contribution >= 0.6 is 46.9 Å². The molecule has 0 radical (unpaired) electrons. The summed E-state index contributed by atoms with van der Waals surface area (Å²) in [6.45, 7) is 2.39. The van der Waals surface area contributed by atoms with Crippen molar-refractivity contribution in [2.24, 2.45) is 4.99 Å². The average molecular weight is 519 g/mol. The fourth-order valence-electron chi connectivity index (χ4n) is 3.10. The molecule has 5 nitrogen and oxygen atoms in total. The Balaban J connectivity index is 0.00000261. The average Bonchev–Trinajstić information content (AvgIpc) is 3.09. The first-order valence-electron chi connectivity index (χ1n) is 8.56. The number of amides is 1. The van der Waals surface area contributed by atoms with Gasteiger partial charge >= 0.3 is 0 Å². The van der Waals surface area contributed by atoms with Crippen molar-refractivity contribution in [3.63, 3.8) is 0 Å². The van der Waals surface area contributed by atoms with Crippen LogP contribution in [-0.4, -0.2) is 48.9 Å². The summed E-state index contributed by atoms with van der Waals surface area (Å²) >= 11 is 7.82. The highest BCUT2D eigenvalue weighted by Crippen LogP contribution is 2.23. The van der Waals surface area contributed by atoms with Crippen LogP contribution in [0.15, 0.2) is 40.7 Å². The van der Waals surface area contributed by atoms with Crippen molar-refractivity contribution in [1.29, 1.82) is 0 Å². The Bertz CT molecular complexity index is 811. The molecule has 27 heavy (non-hydrogen) atoms. The summed E-state index contributed by atoms with van der Waals surface area (Å²) in [5.74, 6) is 0.783. The highest BCUT2D eigenvalue weighted by Gasteiger charge is 2.21. The van der Waals surface area contributed by atoms with Crippen LogP contribution in [0.4, 0.5) is 0 Å². The fraction of sp³-hybridized carbons (Fsp3) is 0.368. The third-order valence-corrected chi connectivity index (χ3v) is 5.70. The zero-order valence-electron chi connectivity index (χ0n) is 15.4. The molecule has 1 aliphatic heterocycles. The second kappa shape index (κ2) is 10.3. The highest BCUT2D eigenvalue weighted by molar-refractivity contribution is 14.0. The van der Waals surface area contributed by atoms with Gasteiger partial charge in [0.15, 0.2) is 5.96 Å². The molecular weight excluding hydrogens is 495 g/mol. The van der Waals surface area contributed by atoms with Gasteiger partial charge in [-0.05, 0) is 41.1 Å². The summed E-state index contributed by atoms with van der Waals surface area (Å²) in [6, 6.07) is 9.86. The highest BCUT2D eigenvalue weighted by atomic mass is 127. The number of aliphatic imine (C=N–C) groups is 1. The molecule has 3 rings (SSSR count). The molecule has 146 valence electrons. The zero-order valence-corrected chi connectivity index (χ0v) is 19.3. The lowest BCUT2D eigenvalue weighted by Gasteiger charge is -2.28. The van der Waals surface area contributed by atoms with Gasteiger partial charge in [0.1, 0.15) is 0 Å². The molecule has 8 heteroatoms. The lowest BCUT2D eigenvalue weighted by atomic mass is 10.1. The monoisotopic (exact) mass is 518 g/mol. The van der Waals surface area contributed by atoms with E-state index in [2.05, 4.69) is 21.8 Å². The number of carbonyl (C=O) groups excluding carboxylic acids is 1. The van der Waals surface area contributed by atoms with Crippen LogP contribution in [0.2, 0.25) is 5.02 Å². The van der Waals surface area contributed by atoms with E-state index in [1.165, 1.54) is 10.4 Å². The number of rotatable bonds is 4. The maximum absolute atomic E-state index is 12.6. The maximum Gasteiger partial charge on any atom is 0.242 e. The molecule has 0 spiro atoms. The first-order valence-corrected chi connectivity index (χ1v) is 9.82. The first kappa shape index (κ1) is 22.0. The molecule has 1 aromatic heterocycles. The number of hydrogen-bond donors (Lipinski definition) is 1. The number of hydrogen-bond acceptors (Lipinski definition) is 3. The van der Waals surface area contributed by atoms with Crippen LogP contribution in [0.5, 0.6) is 0 Å². The third-order valence-electron chi connectivity index (χ3n) is 4.44. The van der Waals surface area contributed by atoms with Crippen LogP contribution < -0.4 is 5.32 Å². The van der Waals surface area contributed by atoms with Crippen LogP contribution in [0, 0.1) is 0 Å². The van der Waals surface area contributed by atoms with Gasteiger partial charge in [0.2, 0.25) is 5.91 Å². The topological polar surface area (TPSA) is 47.9 Å². The minimum absolute atomic E-state index is 0. The normalized spacial score (nSPS) is 13.6. The number of thiophene rings is 1. The van der Waals surface area contributed by atoms with Gasteiger partial charge in [0.05, 0.1) is 6.54 Å². The van der Waals surface area contributed by atoms with Crippen LogP contribution in [0.25, 0.3) is 0 Å². The SMILES string of the molecule is CN=C(NCC(=O)N1CCc2sccc2C1)N(C)Cc1cccc(Cl)c1.I. The van der Waals surface area contributed by atoms with Crippen molar-refractivity contribution < 1.29 is 4.79 Å². The summed E-state index contributed by atoms with van der Waals surface area (Å²) in [5.41, 5.74) is 2.37. The van der Waals surface area contributed by atoms with Gasteiger partial charge in [-0.3, -0.25) is 9.79 Å². The van der Waals surface area contributed by atoms with E-state index >= 15 is 0 Å². The number of carbonyl (C=O) groups is 1. The molecule has 2 aromatic rings. The second-order valence-electron chi connectivity index (χ2n) is 6.32. The van der Waals surface area contributed by atoms with Gasteiger partial charge in [0.25, 0.3) is 0 Å². The summed E-state index contributed by atoms with van der Waals surface area (Å²) < 4.78 is 0. The summed E-state index contributed by atoms with van der Waals surface area (Å²) in [4.78, 5) is 22.1. The third kappa shape index (κ3) is 5.83. The van der Waals surface area contributed by atoms with Crippen molar-refractivity contribution in [3.05, 3.63) is 56.7 Å². The van der Waals surface area contributed by atoms with E-state index in [9.17, 15) is 4.79 Å². The second-order valence-corrected chi connectivity index (χ2v) is 7.76. The molecule has 0 aliphatic carbocycles. The van der Waals surface area contributed by atoms with Crippen molar-refractivity contribution in [1.82, 2.24) is 15.1 Å². The van der Waals surface area contributed by atoms with Crippen molar-refractivity contribution in [3.8, 4) is 0 Å². The summed E-state index contributed by atoms with van der Waals surface area (Å²) in [6.07, 6.45) is 0.947. The van der Waals surface area contributed by atoms with E-state index in [-0.39, 0.29) is 36.4 Å². The molecule has 0 fully saturated rings. The molecule has 1 aliphatic rings. The van der Waals surface area contributed by atoms with E-state index in [1.54, 1.807) is 18.4 Å². The van der Waals surface area contributed by atoms with Crippen molar-refractivity contribution in [2.75, 3.05) is 27.2 Å². The van der Waals surface area contributed by atoms with Crippen LogP contribution in [-0.2, 0) is 24.3 Å². The molecule has 2 heterocycles. The lowest BCUT2D eigenvalue weighted by Crippen LogP contribution is -2.46. The number of nitrogens with zero attached hydrogens (tertiary/aromatic N) is 3. The number of guanidine groups is 1. The Labute approximate surface area is 186 Å². The van der Waals surface area contributed by atoms with E-state index < -0.39 is 0 Å². The largest absolute Gasteiger partial charge is 0.347 e. The van der Waals surface area contributed by atoms with Gasteiger partial charge in [-0.25, -0.2) is 0 Å². The Morgan fingerprint density at radius 1 is 1.41 bits per heavy atom. The van der Waals surface area contributed by atoms with Gasteiger partial charge < -0.3 is 15.1 Å². The number of nitrogens with one attached hydrogen (secondary N) is 1. The van der Waals surface area contributed by atoms with Gasteiger partial charge in [-0.1, -0.05) is 23.7 Å². The minimum Gasteiger partial charge on any atom is -0.347 e. The van der Waals surface area contributed by atoms with Crippen molar-refractivity contribution in [2.45, 2.75) is 19.5 Å². The molecule has 0 saturated heterocycles. The lowest BCUT2D eigenvalue weighted by molar-refractivity contribution is -0.130. The Kier molecular flexibility index (Phi) is 8.37. The Hall–Kier alpha value is -1.32. The zero-order chi connectivity index (χ0) is 18.5. The molecular formula is C19H24ClIN4OS. The molecule has 0 saturated carbocycles. The Morgan fingerprint density at radius 2 is 2.22 bits per heavy atom. The molecule has 0 atom stereocenters. The number of fused-ring (bicyclic) bond motifs is 1. The molecule has 1 aromatic carbocycles. The standard InChI is InChI=1S/C19H23ClN4OS.HI/c1-21-19(23(2)12-14-4-3-5-16(20)10-14)22-11-18(25)24-8-6-17-15(13-24)7-9-26-17;/h3-5,7,9-10H,6,8,11-13H2,1-2H3,(H,21,22);1H. The molecule has 0 unspecified atom stereocenters. The molecule has 0 bridgehead atoms. The fourth-order valence-corrected chi connectivity index (χ4v) is 4.20. The maximum atomic E-state index is 12.6. The van der Waals surface area contributed by atoms with Crippen LogP contribution in [0.1, 0.15) is 16.0 Å². The summed E-state index contributed by atoms with van der Waals surface area (Å²) in [7, 11) is 3.67. The number of benzene rings is 1. The quantitative estimate of drug-likeness (QED) is 0.382. The molecule has 1 N–H and O–H groups in total. The molecule has 1 amide bonds. The predicted molar refractivity (Wildman–Crippen MR) is 123 cm³/mol. The van der Waals surface area contributed by atoms with Crippen molar-refractivity contribution >= 4 is 58.8 Å². The smallest absolute Gasteiger partial charge is 0.242 e. The minimum atomic E-state index is 0. The van der Waals surface area contributed by atoms with Gasteiger partial charge in [0, 0.05) is 43.6 Å². The van der Waals surface area contributed by atoms with Crippen LogP contribution in [0.3, 0.4) is 0 Å². The Morgan fingerprint density at radius 3 is 2.96 bits per heavy atom. The van der Waals surface area contributed by atoms with Gasteiger partial charge in [-0.15, -0.1) is 35.3 Å². The van der Waals surface area contributed by atoms with E-state index in [0.717, 1.165) is 18.5 Å². The van der Waals surface area contributed by atoms with E-state index in [0.29, 0.717) is 24.1 Å².